The number of amides is 1. The standard InChI is InChI=1S/C18H15Cl2N3O3S2/c1-10-7-13(19)8-15(20)17(10)28(25,26)23-18-22-16(9-27-18)12-3-5-14(6-4-12)21-11(2)24/h3-9H,1-2H3,(H,21,24)(H,22,23). The van der Waals surface area contributed by atoms with Crippen molar-refractivity contribution < 1.29 is 13.2 Å². The van der Waals surface area contributed by atoms with Crippen molar-refractivity contribution in [3.63, 3.8) is 0 Å². The summed E-state index contributed by atoms with van der Waals surface area (Å²) in [6.07, 6.45) is 0. The van der Waals surface area contributed by atoms with Gasteiger partial charge in [-0.15, -0.1) is 11.3 Å². The summed E-state index contributed by atoms with van der Waals surface area (Å²) in [7, 11) is -3.92. The molecule has 0 atom stereocenters. The molecule has 0 fully saturated rings. The summed E-state index contributed by atoms with van der Waals surface area (Å²) in [6, 6.07) is 9.99. The monoisotopic (exact) mass is 455 g/mol. The fraction of sp³-hybridized carbons (Fsp3) is 0.111. The molecule has 2 N–H and O–H groups in total. The zero-order chi connectivity index (χ0) is 20.5. The van der Waals surface area contributed by atoms with E-state index in [1.807, 2.05) is 0 Å². The third kappa shape index (κ3) is 4.64. The average molecular weight is 456 g/mol. The van der Waals surface area contributed by atoms with Crippen LogP contribution in [0.1, 0.15) is 12.5 Å². The minimum Gasteiger partial charge on any atom is -0.326 e. The van der Waals surface area contributed by atoms with E-state index in [1.165, 1.54) is 19.1 Å². The zero-order valence-electron chi connectivity index (χ0n) is 14.8. The first-order valence-corrected chi connectivity index (χ1v) is 11.1. The van der Waals surface area contributed by atoms with Crippen LogP contribution in [-0.2, 0) is 14.8 Å². The number of benzene rings is 2. The molecule has 6 nitrogen and oxygen atoms in total. The van der Waals surface area contributed by atoms with E-state index in [1.54, 1.807) is 36.6 Å². The molecule has 10 heteroatoms. The summed E-state index contributed by atoms with van der Waals surface area (Å²) in [5.41, 5.74) is 2.50. The van der Waals surface area contributed by atoms with Crippen molar-refractivity contribution in [3.8, 4) is 11.3 Å². The van der Waals surface area contributed by atoms with Gasteiger partial charge in [-0.2, -0.15) is 0 Å². The molecule has 0 saturated carbocycles. The largest absolute Gasteiger partial charge is 0.326 e. The normalized spacial score (nSPS) is 11.3. The van der Waals surface area contributed by atoms with Crippen LogP contribution in [0.15, 0.2) is 46.7 Å². The molecule has 0 spiro atoms. The number of nitrogens with one attached hydrogen (secondary N) is 2. The van der Waals surface area contributed by atoms with Gasteiger partial charge >= 0.3 is 0 Å². The number of hydrogen-bond acceptors (Lipinski definition) is 5. The van der Waals surface area contributed by atoms with Crippen LogP contribution in [0.2, 0.25) is 10.0 Å². The molecule has 3 rings (SSSR count). The van der Waals surface area contributed by atoms with E-state index in [0.29, 0.717) is 22.0 Å². The van der Waals surface area contributed by atoms with Gasteiger partial charge in [0.05, 0.1) is 10.7 Å². The number of halogens is 2. The van der Waals surface area contributed by atoms with E-state index in [0.717, 1.165) is 16.9 Å². The Morgan fingerprint density at radius 2 is 1.82 bits per heavy atom. The summed E-state index contributed by atoms with van der Waals surface area (Å²) in [6.45, 7) is 3.05. The fourth-order valence-corrected chi connectivity index (χ4v) is 5.74. The van der Waals surface area contributed by atoms with Crippen molar-refractivity contribution in [1.82, 2.24) is 4.98 Å². The predicted octanol–water partition coefficient (Wildman–Crippen LogP) is 5.18. The lowest BCUT2D eigenvalue weighted by molar-refractivity contribution is -0.114. The topological polar surface area (TPSA) is 88.2 Å². The minimum absolute atomic E-state index is 0.0324. The van der Waals surface area contributed by atoms with Gasteiger partial charge in [0.25, 0.3) is 10.0 Å². The van der Waals surface area contributed by atoms with Gasteiger partial charge in [-0.1, -0.05) is 35.3 Å². The molecule has 0 aliphatic rings. The lowest BCUT2D eigenvalue weighted by Crippen LogP contribution is -2.14. The van der Waals surface area contributed by atoms with Crippen LogP contribution in [0, 0.1) is 6.92 Å². The lowest BCUT2D eigenvalue weighted by Gasteiger charge is -2.10. The molecule has 0 aliphatic heterocycles. The number of hydrogen-bond donors (Lipinski definition) is 2. The summed E-state index contributed by atoms with van der Waals surface area (Å²) in [5.74, 6) is -0.158. The maximum Gasteiger partial charge on any atom is 0.265 e. The van der Waals surface area contributed by atoms with Crippen molar-refractivity contribution in [2.75, 3.05) is 10.0 Å². The Kier molecular flexibility index (Phi) is 5.95. The molecule has 3 aromatic rings. The molecule has 2 aromatic carbocycles. The maximum absolute atomic E-state index is 12.7. The minimum atomic E-state index is -3.92. The Morgan fingerprint density at radius 3 is 2.43 bits per heavy atom. The summed E-state index contributed by atoms with van der Waals surface area (Å²) in [5, 5.41) is 5.04. The van der Waals surface area contributed by atoms with Crippen molar-refractivity contribution in [2.24, 2.45) is 0 Å². The number of sulfonamides is 1. The van der Waals surface area contributed by atoms with Crippen LogP contribution in [-0.4, -0.2) is 19.3 Å². The summed E-state index contributed by atoms with van der Waals surface area (Å²) in [4.78, 5) is 15.4. The quantitative estimate of drug-likeness (QED) is 0.554. The number of nitrogens with zero attached hydrogens (tertiary/aromatic N) is 1. The number of aromatic nitrogens is 1. The van der Waals surface area contributed by atoms with E-state index in [4.69, 9.17) is 23.2 Å². The van der Waals surface area contributed by atoms with Crippen LogP contribution in [0.3, 0.4) is 0 Å². The van der Waals surface area contributed by atoms with Crippen LogP contribution in [0.5, 0.6) is 0 Å². The van der Waals surface area contributed by atoms with E-state index in [-0.39, 0.29) is 21.0 Å². The number of carbonyl (C=O) groups excluding carboxylic acids is 1. The average Bonchev–Trinajstić information content (AvgIpc) is 3.01. The SMILES string of the molecule is CC(=O)Nc1ccc(-c2csc(NS(=O)(=O)c3c(C)cc(Cl)cc3Cl)n2)cc1. The molecular weight excluding hydrogens is 441 g/mol. The van der Waals surface area contributed by atoms with Gasteiger partial charge in [0, 0.05) is 28.6 Å². The molecule has 146 valence electrons. The highest BCUT2D eigenvalue weighted by Gasteiger charge is 2.22. The second kappa shape index (κ2) is 8.08. The van der Waals surface area contributed by atoms with Gasteiger partial charge in [-0.05, 0) is 36.8 Å². The first kappa shape index (κ1) is 20.6. The molecule has 1 heterocycles. The van der Waals surface area contributed by atoms with E-state index < -0.39 is 10.0 Å². The second-order valence-electron chi connectivity index (χ2n) is 5.94. The van der Waals surface area contributed by atoms with Crippen LogP contribution < -0.4 is 10.0 Å². The third-order valence-corrected chi connectivity index (χ3v) is 6.75. The van der Waals surface area contributed by atoms with Gasteiger partial charge in [0.2, 0.25) is 5.91 Å². The van der Waals surface area contributed by atoms with Gasteiger partial charge in [-0.3, -0.25) is 9.52 Å². The Balaban J connectivity index is 1.84. The van der Waals surface area contributed by atoms with Crippen LogP contribution in [0.25, 0.3) is 11.3 Å². The zero-order valence-corrected chi connectivity index (χ0v) is 17.9. The highest BCUT2D eigenvalue weighted by atomic mass is 35.5. The summed E-state index contributed by atoms with van der Waals surface area (Å²) < 4.78 is 27.9. The maximum atomic E-state index is 12.7. The lowest BCUT2D eigenvalue weighted by atomic mass is 10.1. The Bertz CT molecular complexity index is 1120. The van der Waals surface area contributed by atoms with Gasteiger partial charge in [0.15, 0.2) is 5.13 Å². The van der Waals surface area contributed by atoms with Gasteiger partial charge < -0.3 is 5.32 Å². The summed E-state index contributed by atoms with van der Waals surface area (Å²) >= 11 is 13.2. The molecule has 28 heavy (non-hydrogen) atoms. The Hall–Kier alpha value is -2.13. The number of anilines is 2. The van der Waals surface area contributed by atoms with Crippen LogP contribution in [0.4, 0.5) is 10.8 Å². The number of carbonyl (C=O) groups is 1. The van der Waals surface area contributed by atoms with Crippen molar-refractivity contribution in [1.29, 1.82) is 0 Å². The molecule has 1 aromatic heterocycles. The van der Waals surface area contributed by atoms with E-state index >= 15 is 0 Å². The first-order chi connectivity index (χ1) is 13.2. The van der Waals surface area contributed by atoms with Crippen LogP contribution >= 0.6 is 34.5 Å². The number of rotatable bonds is 5. The number of aryl methyl sites for hydroxylation is 1. The molecule has 0 radical (unpaired) electrons. The fourth-order valence-electron chi connectivity index (χ4n) is 2.58. The highest BCUT2D eigenvalue weighted by Crippen LogP contribution is 2.32. The van der Waals surface area contributed by atoms with Gasteiger partial charge in [0.1, 0.15) is 4.90 Å². The smallest absolute Gasteiger partial charge is 0.265 e. The predicted molar refractivity (Wildman–Crippen MR) is 114 cm³/mol. The van der Waals surface area contributed by atoms with E-state index in [2.05, 4.69) is 15.0 Å². The van der Waals surface area contributed by atoms with Crippen molar-refractivity contribution in [2.45, 2.75) is 18.7 Å². The first-order valence-electron chi connectivity index (χ1n) is 7.98. The Morgan fingerprint density at radius 1 is 1.14 bits per heavy atom. The second-order valence-corrected chi connectivity index (χ2v) is 9.26. The van der Waals surface area contributed by atoms with Gasteiger partial charge in [-0.25, -0.2) is 13.4 Å². The molecule has 0 bridgehead atoms. The Labute approximate surface area is 176 Å². The molecule has 0 aliphatic carbocycles. The molecule has 0 saturated heterocycles. The van der Waals surface area contributed by atoms with E-state index in [9.17, 15) is 13.2 Å². The molecule has 0 unspecified atom stereocenters. The molecule has 1 amide bonds. The van der Waals surface area contributed by atoms with Crippen molar-refractivity contribution in [3.05, 3.63) is 57.4 Å². The van der Waals surface area contributed by atoms with Crippen molar-refractivity contribution >= 4 is 61.3 Å². The highest BCUT2D eigenvalue weighted by molar-refractivity contribution is 7.93. The molecular formula is C18H15Cl2N3O3S2. The number of thiazole rings is 1. The third-order valence-electron chi connectivity index (χ3n) is 3.69.